The third-order valence-electron chi connectivity index (χ3n) is 11.0. The van der Waals surface area contributed by atoms with Crippen LogP contribution in [0.3, 0.4) is 0 Å². The Balaban J connectivity index is 1.35. The summed E-state index contributed by atoms with van der Waals surface area (Å²) in [6.07, 6.45) is 8.79. The molecule has 2 aliphatic rings. The number of piperidine rings is 1. The van der Waals surface area contributed by atoms with Crippen molar-refractivity contribution in [2.45, 2.75) is 127 Å². The van der Waals surface area contributed by atoms with Gasteiger partial charge in [0.25, 0.3) is 0 Å². The molecule has 2 aliphatic heterocycles. The number of anilines is 1. The number of hydrogen-bond donors (Lipinski definition) is 1. The summed E-state index contributed by atoms with van der Waals surface area (Å²) in [7, 11) is -3.96. The number of rotatable bonds is 19. The molecule has 1 amide bonds. The first-order chi connectivity index (χ1) is 26.9. The molecular formula is C40H63FN8O5Si3. The summed E-state index contributed by atoms with van der Waals surface area (Å²) in [5.41, 5.74) is 3.01. The summed E-state index contributed by atoms with van der Waals surface area (Å²) in [4.78, 5) is 30.0. The third-order valence-corrected chi connectivity index (χ3v) is 16.1. The average molecular weight is 839 g/mol. The van der Waals surface area contributed by atoms with Gasteiger partial charge in [-0.3, -0.25) is 4.98 Å². The number of aromatic nitrogens is 6. The number of nitrogens with zero attached hydrogens (tertiary/aromatic N) is 8. The van der Waals surface area contributed by atoms with Gasteiger partial charge in [-0.05, 0) is 49.9 Å². The SMILES string of the molecule is C[Si](C)(C)CCOCN(COCC[Si](C)(C)C)c1c(F)c(C2C[C@H]3CC[C@@H](C2)N3C(=O)O)nc2c(-c3ccc(-c4nccn4COCC[Si](C)(C)C)nc3)cnn12. The highest BCUT2D eigenvalue weighted by Crippen LogP contribution is 2.45. The zero-order valence-corrected chi connectivity index (χ0v) is 38.4. The Morgan fingerprint density at radius 3 is 2.00 bits per heavy atom. The molecule has 13 nitrogen and oxygen atoms in total. The molecule has 1 unspecified atom stereocenters. The highest BCUT2D eigenvalue weighted by molar-refractivity contribution is 6.76. The fourth-order valence-corrected chi connectivity index (χ4v) is 9.84. The van der Waals surface area contributed by atoms with Crippen LogP contribution in [0.4, 0.5) is 15.0 Å². The van der Waals surface area contributed by atoms with Gasteiger partial charge in [-0.25, -0.2) is 19.2 Å². The number of pyridine rings is 1. The number of hydrogen-bond acceptors (Lipinski definition) is 9. The minimum Gasteiger partial charge on any atom is -0.465 e. The molecule has 6 rings (SSSR count). The number of fused-ring (bicyclic) bond motifs is 3. The van der Waals surface area contributed by atoms with Crippen LogP contribution >= 0.6 is 0 Å². The monoisotopic (exact) mass is 838 g/mol. The highest BCUT2D eigenvalue weighted by Gasteiger charge is 2.45. The maximum atomic E-state index is 17.4. The van der Waals surface area contributed by atoms with Crippen LogP contribution in [0.5, 0.6) is 0 Å². The molecule has 2 fully saturated rings. The predicted molar refractivity (Wildman–Crippen MR) is 231 cm³/mol. The topological polar surface area (TPSA) is 132 Å². The number of halogens is 1. The van der Waals surface area contributed by atoms with E-state index < -0.39 is 36.1 Å². The lowest BCUT2D eigenvalue weighted by atomic mass is 9.87. The molecule has 2 bridgehead atoms. The van der Waals surface area contributed by atoms with Crippen molar-refractivity contribution in [3.63, 3.8) is 0 Å². The molecule has 0 spiro atoms. The molecule has 4 aromatic rings. The molecule has 17 heteroatoms. The van der Waals surface area contributed by atoms with E-state index in [0.717, 1.165) is 36.5 Å². The van der Waals surface area contributed by atoms with E-state index in [1.54, 1.807) is 32.9 Å². The molecule has 0 aromatic carbocycles. The number of ether oxygens (including phenoxy) is 3. The number of imidazole rings is 1. The Labute approximate surface area is 340 Å². The lowest BCUT2D eigenvalue weighted by Crippen LogP contribution is -2.45. The van der Waals surface area contributed by atoms with Gasteiger partial charge in [0.1, 0.15) is 25.9 Å². The van der Waals surface area contributed by atoms with Gasteiger partial charge in [0.05, 0.1) is 11.9 Å². The first-order valence-electron chi connectivity index (χ1n) is 20.4. The van der Waals surface area contributed by atoms with E-state index in [0.29, 0.717) is 67.8 Å². The van der Waals surface area contributed by atoms with Crippen molar-refractivity contribution >= 4 is 41.8 Å². The van der Waals surface area contributed by atoms with Gasteiger partial charge >= 0.3 is 6.09 Å². The molecule has 0 aliphatic carbocycles. The molecule has 6 heterocycles. The van der Waals surface area contributed by atoms with E-state index in [1.165, 1.54) is 0 Å². The van der Waals surface area contributed by atoms with Crippen LogP contribution in [0, 0.1) is 5.82 Å². The van der Waals surface area contributed by atoms with Crippen molar-refractivity contribution in [1.82, 2.24) is 34.0 Å². The Kier molecular flexibility index (Phi) is 13.4. The molecule has 1 N–H and O–H groups in total. The van der Waals surface area contributed by atoms with Crippen LogP contribution in [0.2, 0.25) is 77.1 Å². The number of carboxylic acid groups (broad SMARTS) is 1. The average Bonchev–Trinajstić information content (AvgIpc) is 3.84. The number of carbonyl (C=O) groups is 1. The van der Waals surface area contributed by atoms with Crippen molar-refractivity contribution in [3.05, 3.63) is 48.4 Å². The quantitative estimate of drug-likeness (QED) is 0.0555. The fraction of sp³-hybridized carbons (Fsp3) is 0.625. The van der Waals surface area contributed by atoms with Crippen LogP contribution in [0.1, 0.15) is 37.3 Å². The van der Waals surface area contributed by atoms with Crippen molar-refractivity contribution in [2.24, 2.45) is 0 Å². The predicted octanol–water partition coefficient (Wildman–Crippen LogP) is 8.93. The van der Waals surface area contributed by atoms with Gasteiger partial charge in [-0.1, -0.05) is 65.0 Å². The largest absolute Gasteiger partial charge is 0.465 e. The molecule has 3 atom stereocenters. The lowest BCUT2D eigenvalue weighted by molar-refractivity contribution is 0.0882. The van der Waals surface area contributed by atoms with E-state index in [1.807, 2.05) is 22.9 Å². The number of amides is 1. The normalized spacial score (nSPS) is 18.8. The van der Waals surface area contributed by atoms with Gasteiger partial charge < -0.3 is 33.7 Å². The standard InChI is InChI=1S/C40H63FN8O5Si3/c1-55(2,3)19-16-52-26-46-15-14-42-38(46)34-13-10-29(24-43-34)33-25-44-49-37(33)45-36(30-22-31-11-12-32(23-30)48(31)40(50)51)35(41)39(49)47(27-53-17-20-56(4,5)6)28-54-18-21-57(7,8)9/h10,13-15,24-25,30-32H,11-12,16-23,26-28H2,1-9H3,(H,50,51)/t30?,31-,32+. The smallest absolute Gasteiger partial charge is 0.407 e. The van der Waals surface area contributed by atoms with Gasteiger partial charge in [0, 0.05) is 91.8 Å². The van der Waals surface area contributed by atoms with Crippen LogP contribution in [-0.4, -0.2) is 115 Å². The van der Waals surface area contributed by atoms with Crippen LogP contribution in [0.25, 0.3) is 28.3 Å². The second kappa shape index (κ2) is 17.8. The summed E-state index contributed by atoms with van der Waals surface area (Å²) < 4.78 is 39.4. The van der Waals surface area contributed by atoms with Crippen molar-refractivity contribution in [2.75, 3.05) is 38.2 Å². The van der Waals surface area contributed by atoms with Gasteiger partial charge in [-0.15, -0.1) is 0 Å². The lowest BCUT2D eigenvalue weighted by Gasteiger charge is -2.37. The maximum absolute atomic E-state index is 17.4. The van der Waals surface area contributed by atoms with E-state index in [-0.39, 0.29) is 37.3 Å². The van der Waals surface area contributed by atoms with Gasteiger partial charge in [0.15, 0.2) is 23.1 Å². The summed E-state index contributed by atoms with van der Waals surface area (Å²) >= 11 is 0. The van der Waals surface area contributed by atoms with Crippen molar-refractivity contribution < 1.29 is 28.5 Å². The molecule has 4 aromatic heterocycles. The van der Waals surface area contributed by atoms with Gasteiger partial charge in [0.2, 0.25) is 0 Å². The first-order valence-corrected chi connectivity index (χ1v) is 31.6. The summed E-state index contributed by atoms with van der Waals surface area (Å²) in [6, 6.07) is 6.59. The van der Waals surface area contributed by atoms with Crippen LogP contribution in [-0.2, 0) is 20.9 Å². The Morgan fingerprint density at radius 1 is 0.860 bits per heavy atom. The maximum Gasteiger partial charge on any atom is 0.407 e. The zero-order valence-electron chi connectivity index (χ0n) is 35.4. The molecule has 0 radical (unpaired) electrons. The Hall–Kier alpha value is -3.49. The highest BCUT2D eigenvalue weighted by atomic mass is 28.3. The summed E-state index contributed by atoms with van der Waals surface area (Å²) in [6.45, 7) is 23.3. The minimum atomic E-state index is -1.37. The van der Waals surface area contributed by atoms with Crippen molar-refractivity contribution in [1.29, 1.82) is 0 Å². The third kappa shape index (κ3) is 11.0. The molecule has 57 heavy (non-hydrogen) atoms. The van der Waals surface area contributed by atoms with Gasteiger partial charge in [-0.2, -0.15) is 9.61 Å². The molecular weight excluding hydrogens is 776 g/mol. The van der Waals surface area contributed by atoms with Crippen LogP contribution in [0.15, 0.2) is 36.9 Å². The molecule has 0 saturated carbocycles. The molecule has 312 valence electrons. The van der Waals surface area contributed by atoms with E-state index in [2.05, 4.69) is 63.9 Å². The summed E-state index contributed by atoms with van der Waals surface area (Å²) in [5, 5.41) is 14.7. The van der Waals surface area contributed by atoms with E-state index in [9.17, 15) is 9.90 Å². The van der Waals surface area contributed by atoms with Crippen molar-refractivity contribution in [3.8, 4) is 22.6 Å². The minimum absolute atomic E-state index is 0.121. The first kappa shape index (κ1) is 43.1. The van der Waals surface area contributed by atoms with E-state index in [4.69, 9.17) is 29.3 Å². The van der Waals surface area contributed by atoms with E-state index >= 15 is 4.39 Å². The Morgan fingerprint density at radius 2 is 1.46 bits per heavy atom. The Bertz CT molecular complexity index is 1940. The second-order valence-corrected chi connectivity index (χ2v) is 36.3. The molecule has 2 saturated heterocycles. The fourth-order valence-electron chi connectivity index (χ4n) is 7.57. The second-order valence-electron chi connectivity index (χ2n) is 19.4. The van der Waals surface area contributed by atoms with Crippen LogP contribution < -0.4 is 4.90 Å². The summed E-state index contributed by atoms with van der Waals surface area (Å²) in [5.74, 6) is 0.205. The zero-order chi connectivity index (χ0) is 41.1.